The van der Waals surface area contributed by atoms with Gasteiger partial charge in [0.2, 0.25) is 5.91 Å². The molecule has 2 N–H and O–H groups in total. The molecular weight excluding hydrogens is 282 g/mol. The molecule has 0 radical (unpaired) electrons. The van der Waals surface area contributed by atoms with Gasteiger partial charge >= 0.3 is 5.97 Å². The van der Waals surface area contributed by atoms with Crippen LogP contribution in [0.1, 0.15) is 19.8 Å². The molecule has 1 aromatic heterocycles. The largest absolute Gasteiger partial charge is 0.481 e. The quantitative estimate of drug-likeness (QED) is 0.798. The van der Waals surface area contributed by atoms with E-state index in [4.69, 9.17) is 16.7 Å². The van der Waals surface area contributed by atoms with Gasteiger partial charge in [0.05, 0.1) is 18.0 Å². The van der Waals surface area contributed by atoms with Gasteiger partial charge < -0.3 is 15.3 Å². The van der Waals surface area contributed by atoms with Gasteiger partial charge in [0.1, 0.15) is 5.82 Å². The third-order valence-corrected chi connectivity index (χ3v) is 2.99. The van der Waals surface area contributed by atoms with Gasteiger partial charge in [-0.05, 0) is 18.6 Å². The van der Waals surface area contributed by atoms with Crippen LogP contribution in [0.25, 0.3) is 0 Å². The number of pyridine rings is 1. The van der Waals surface area contributed by atoms with Crippen LogP contribution in [0.5, 0.6) is 0 Å². The van der Waals surface area contributed by atoms with Gasteiger partial charge in [-0.25, -0.2) is 4.98 Å². The van der Waals surface area contributed by atoms with Crippen LogP contribution in [0.3, 0.4) is 0 Å². The van der Waals surface area contributed by atoms with Gasteiger partial charge in [-0.3, -0.25) is 9.59 Å². The second kappa shape index (κ2) is 7.69. The molecule has 0 saturated heterocycles. The third-order valence-electron chi connectivity index (χ3n) is 2.76. The average Bonchev–Trinajstić information content (AvgIpc) is 2.37. The minimum Gasteiger partial charge on any atom is -0.481 e. The summed E-state index contributed by atoms with van der Waals surface area (Å²) >= 11 is 5.74. The van der Waals surface area contributed by atoms with Crippen molar-refractivity contribution in [2.24, 2.45) is 0 Å². The van der Waals surface area contributed by atoms with Crippen LogP contribution in [0.2, 0.25) is 5.02 Å². The number of amides is 1. The van der Waals surface area contributed by atoms with Crippen LogP contribution in [0.4, 0.5) is 5.82 Å². The van der Waals surface area contributed by atoms with Crippen LogP contribution < -0.4 is 10.2 Å². The number of aromatic nitrogens is 1. The number of rotatable bonds is 7. The van der Waals surface area contributed by atoms with Crippen LogP contribution in [0, 0.1) is 0 Å². The SMILES string of the molecule is CCC(CC(=O)O)NC(=O)CN(C)c1ccc(Cl)cn1. The van der Waals surface area contributed by atoms with E-state index >= 15 is 0 Å². The van der Waals surface area contributed by atoms with Gasteiger partial charge in [0.25, 0.3) is 0 Å². The van der Waals surface area contributed by atoms with E-state index in [9.17, 15) is 9.59 Å². The summed E-state index contributed by atoms with van der Waals surface area (Å²) in [6, 6.07) is 3.05. The first-order valence-corrected chi connectivity index (χ1v) is 6.64. The normalized spacial score (nSPS) is 11.8. The minimum atomic E-state index is -0.926. The molecule has 0 aliphatic rings. The smallest absolute Gasteiger partial charge is 0.305 e. The van der Waals surface area contributed by atoms with E-state index in [2.05, 4.69) is 10.3 Å². The second-order valence-corrected chi connectivity index (χ2v) is 4.90. The zero-order chi connectivity index (χ0) is 15.1. The highest BCUT2D eigenvalue weighted by Gasteiger charge is 2.15. The van der Waals surface area contributed by atoms with Crippen molar-refractivity contribution in [1.82, 2.24) is 10.3 Å². The number of hydrogen-bond donors (Lipinski definition) is 2. The number of carboxylic acids is 1. The van der Waals surface area contributed by atoms with Gasteiger partial charge in [-0.2, -0.15) is 0 Å². The summed E-state index contributed by atoms with van der Waals surface area (Å²) < 4.78 is 0. The summed E-state index contributed by atoms with van der Waals surface area (Å²) in [5.74, 6) is -0.543. The van der Waals surface area contributed by atoms with Crippen molar-refractivity contribution in [3.05, 3.63) is 23.4 Å². The number of nitrogens with zero attached hydrogens (tertiary/aromatic N) is 2. The summed E-state index contributed by atoms with van der Waals surface area (Å²) in [5, 5.41) is 12.0. The summed E-state index contributed by atoms with van der Waals surface area (Å²) in [6.45, 7) is 1.93. The molecule has 7 heteroatoms. The molecule has 0 spiro atoms. The Kier molecular flexibility index (Phi) is 6.24. The van der Waals surface area contributed by atoms with Crippen molar-refractivity contribution in [3.63, 3.8) is 0 Å². The zero-order valence-electron chi connectivity index (χ0n) is 11.5. The fourth-order valence-corrected chi connectivity index (χ4v) is 1.78. The topological polar surface area (TPSA) is 82.5 Å². The lowest BCUT2D eigenvalue weighted by Gasteiger charge is -2.20. The number of likely N-dealkylation sites (N-methyl/N-ethyl adjacent to an activating group) is 1. The van der Waals surface area contributed by atoms with Crippen LogP contribution in [-0.2, 0) is 9.59 Å². The van der Waals surface area contributed by atoms with Crippen LogP contribution in [-0.4, -0.2) is 41.6 Å². The highest BCUT2D eigenvalue weighted by Crippen LogP contribution is 2.12. The fourth-order valence-electron chi connectivity index (χ4n) is 1.67. The standard InChI is InChI=1S/C13H18ClN3O3/c1-3-10(6-13(19)20)16-12(18)8-17(2)11-5-4-9(14)7-15-11/h4-5,7,10H,3,6,8H2,1-2H3,(H,16,18)(H,19,20). The number of aliphatic carboxylic acids is 1. The second-order valence-electron chi connectivity index (χ2n) is 4.46. The van der Waals surface area contributed by atoms with Gasteiger partial charge in [-0.1, -0.05) is 18.5 Å². The molecule has 0 aliphatic carbocycles. The van der Waals surface area contributed by atoms with Gasteiger partial charge in [0.15, 0.2) is 0 Å². The highest BCUT2D eigenvalue weighted by molar-refractivity contribution is 6.30. The number of nitrogens with one attached hydrogen (secondary N) is 1. The van der Waals surface area contributed by atoms with Gasteiger partial charge in [-0.15, -0.1) is 0 Å². The predicted molar refractivity (Wildman–Crippen MR) is 77.0 cm³/mol. The molecule has 1 amide bonds. The maximum atomic E-state index is 11.8. The number of anilines is 1. The van der Waals surface area contributed by atoms with Crippen molar-refractivity contribution >= 4 is 29.3 Å². The molecule has 6 nitrogen and oxygen atoms in total. The van der Waals surface area contributed by atoms with E-state index < -0.39 is 5.97 Å². The first kappa shape index (κ1) is 16.2. The molecule has 0 bridgehead atoms. The summed E-state index contributed by atoms with van der Waals surface area (Å²) in [4.78, 5) is 28.3. The van der Waals surface area contributed by atoms with Crippen molar-refractivity contribution in [3.8, 4) is 0 Å². The molecule has 0 saturated carbocycles. The Hall–Kier alpha value is -1.82. The monoisotopic (exact) mass is 299 g/mol. The predicted octanol–water partition coefficient (Wildman–Crippen LogP) is 1.54. The maximum absolute atomic E-state index is 11.8. The number of carbonyl (C=O) groups is 2. The number of carbonyl (C=O) groups excluding carboxylic acids is 1. The highest BCUT2D eigenvalue weighted by atomic mass is 35.5. The Bertz CT molecular complexity index is 464. The third kappa shape index (κ3) is 5.44. The Morgan fingerprint density at radius 3 is 2.70 bits per heavy atom. The lowest BCUT2D eigenvalue weighted by molar-refractivity contribution is -0.137. The summed E-state index contributed by atoms with van der Waals surface area (Å²) in [5.41, 5.74) is 0. The van der Waals surface area contributed by atoms with E-state index in [1.165, 1.54) is 6.20 Å². The van der Waals surface area contributed by atoms with E-state index in [0.29, 0.717) is 17.3 Å². The molecule has 0 aromatic carbocycles. The Morgan fingerprint density at radius 1 is 1.50 bits per heavy atom. The Morgan fingerprint density at radius 2 is 2.20 bits per heavy atom. The molecule has 0 aliphatic heterocycles. The molecule has 1 atom stereocenters. The van der Waals surface area contributed by atoms with Crippen LogP contribution in [0.15, 0.2) is 18.3 Å². The summed E-state index contributed by atoms with van der Waals surface area (Å²) in [6.07, 6.45) is 2.00. The van der Waals surface area contributed by atoms with E-state index in [0.717, 1.165) is 0 Å². The first-order valence-electron chi connectivity index (χ1n) is 6.26. The molecule has 1 aromatic rings. The molecule has 1 heterocycles. The van der Waals surface area contributed by atoms with Crippen LogP contribution >= 0.6 is 11.6 Å². The maximum Gasteiger partial charge on any atom is 0.305 e. The minimum absolute atomic E-state index is 0.0782. The fraction of sp³-hybridized carbons (Fsp3) is 0.462. The molecule has 20 heavy (non-hydrogen) atoms. The van der Waals surface area contributed by atoms with E-state index in [1.807, 2.05) is 6.92 Å². The lowest BCUT2D eigenvalue weighted by Crippen LogP contribution is -2.41. The van der Waals surface area contributed by atoms with Crippen molar-refractivity contribution in [2.45, 2.75) is 25.8 Å². The molecule has 1 rings (SSSR count). The molecule has 110 valence electrons. The number of halogens is 1. The summed E-state index contributed by atoms with van der Waals surface area (Å²) in [7, 11) is 1.73. The van der Waals surface area contributed by atoms with Gasteiger partial charge in [0, 0.05) is 19.3 Å². The number of hydrogen-bond acceptors (Lipinski definition) is 4. The Balaban J connectivity index is 2.52. The number of carboxylic acid groups (broad SMARTS) is 1. The zero-order valence-corrected chi connectivity index (χ0v) is 12.2. The van der Waals surface area contributed by atoms with Crippen molar-refractivity contribution in [2.75, 3.05) is 18.5 Å². The van der Waals surface area contributed by atoms with Crippen molar-refractivity contribution < 1.29 is 14.7 Å². The van der Waals surface area contributed by atoms with E-state index in [1.54, 1.807) is 24.1 Å². The molecular formula is C13H18ClN3O3. The first-order chi connectivity index (χ1) is 9.42. The van der Waals surface area contributed by atoms with Crippen molar-refractivity contribution in [1.29, 1.82) is 0 Å². The Labute approximate surface area is 122 Å². The molecule has 1 unspecified atom stereocenters. The lowest BCUT2D eigenvalue weighted by atomic mass is 10.1. The van der Waals surface area contributed by atoms with E-state index in [-0.39, 0.29) is 24.9 Å². The molecule has 0 fully saturated rings. The average molecular weight is 300 g/mol.